The average Bonchev–Trinajstić information content (AvgIpc) is 3.06. The SMILES string of the molecule is C[C@H]1[C@H]2C[C@H](C/C2=C2\C(=O)[C@@H]3C[C@H]2C(C)(C)[C@H]3C)C1(C)C. The zero-order valence-electron chi connectivity index (χ0n) is 14.5. The van der Waals surface area contributed by atoms with Crippen LogP contribution in [0.3, 0.4) is 0 Å². The summed E-state index contributed by atoms with van der Waals surface area (Å²) in [5.41, 5.74) is 3.71. The van der Waals surface area contributed by atoms with Crippen LogP contribution < -0.4 is 0 Å². The van der Waals surface area contributed by atoms with Crippen LogP contribution in [0.5, 0.6) is 0 Å². The number of hydrogen-bond donors (Lipinski definition) is 0. The molecule has 4 saturated carbocycles. The first-order valence-corrected chi connectivity index (χ1v) is 8.94. The van der Waals surface area contributed by atoms with Crippen LogP contribution >= 0.6 is 0 Å². The lowest BCUT2D eigenvalue weighted by Crippen LogP contribution is -2.37. The van der Waals surface area contributed by atoms with E-state index in [1.165, 1.54) is 18.4 Å². The Labute approximate surface area is 129 Å². The van der Waals surface area contributed by atoms with E-state index in [-0.39, 0.29) is 0 Å². The number of rotatable bonds is 0. The molecule has 1 nitrogen and oxygen atoms in total. The van der Waals surface area contributed by atoms with Gasteiger partial charge < -0.3 is 0 Å². The molecule has 0 N–H and O–H groups in total. The van der Waals surface area contributed by atoms with E-state index in [4.69, 9.17) is 0 Å². The van der Waals surface area contributed by atoms with Gasteiger partial charge in [-0.1, -0.05) is 47.1 Å². The Morgan fingerprint density at radius 3 is 2.05 bits per heavy atom. The van der Waals surface area contributed by atoms with Gasteiger partial charge in [0.25, 0.3) is 0 Å². The molecule has 6 atom stereocenters. The number of hydrogen-bond acceptors (Lipinski definition) is 1. The fourth-order valence-corrected chi connectivity index (χ4v) is 6.40. The second-order valence-electron chi connectivity index (χ2n) is 9.66. The maximum Gasteiger partial charge on any atom is 0.162 e. The molecule has 21 heavy (non-hydrogen) atoms. The molecule has 0 aromatic carbocycles. The summed E-state index contributed by atoms with van der Waals surface area (Å²) in [6, 6.07) is 0. The quantitative estimate of drug-likeness (QED) is 0.581. The highest BCUT2D eigenvalue weighted by Gasteiger charge is 2.61. The van der Waals surface area contributed by atoms with Crippen molar-refractivity contribution in [1.29, 1.82) is 0 Å². The maximum absolute atomic E-state index is 12.9. The number of allylic oxidation sites excluding steroid dienone is 2. The molecule has 0 amide bonds. The second kappa shape index (κ2) is 3.84. The van der Waals surface area contributed by atoms with Crippen LogP contribution in [-0.2, 0) is 4.79 Å². The lowest BCUT2D eigenvalue weighted by molar-refractivity contribution is -0.121. The molecule has 0 aromatic heterocycles. The fourth-order valence-electron chi connectivity index (χ4n) is 6.40. The Morgan fingerprint density at radius 1 is 0.905 bits per heavy atom. The van der Waals surface area contributed by atoms with Gasteiger partial charge in [-0.15, -0.1) is 0 Å². The Hall–Kier alpha value is -0.590. The van der Waals surface area contributed by atoms with Gasteiger partial charge in [0.15, 0.2) is 5.78 Å². The fraction of sp³-hybridized carbons (Fsp3) is 0.850. The average molecular weight is 286 g/mol. The van der Waals surface area contributed by atoms with Crippen molar-refractivity contribution in [3.05, 3.63) is 11.1 Å². The van der Waals surface area contributed by atoms with E-state index in [2.05, 4.69) is 41.5 Å². The number of Topliss-reactive ketones (excluding diaryl/α,β-unsaturated/α-hetero) is 1. The summed E-state index contributed by atoms with van der Waals surface area (Å²) in [4.78, 5) is 12.9. The predicted octanol–water partition coefficient (Wildman–Crippen LogP) is 4.87. The van der Waals surface area contributed by atoms with Gasteiger partial charge >= 0.3 is 0 Å². The van der Waals surface area contributed by atoms with Crippen molar-refractivity contribution in [2.45, 2.75) is 60.8 Å². The minimum absolute atomic E-state index is 0.321. The van der Waals surface area contributed by atoms with Crippen LogP contribution in [0.15, 0.2) is 11.1 Å². The molecule has 116 valence electrons. The first-order valence-electron chi connectivity index (χ1n) is 8.94. The molecular formula is C20H30O. The number of fused-ring (bicyclic) bond motifs is 4. The highest BCUT2D eigenvalue weighted by Crippen LogP contribution is 2.66. The normalized spacial score (nSPS) is 53.0. The van der Waals surface area contributed by atoms with Crippen LogP contribution in [0.4, 0.5) is 0 Å². The summed E-state index contributed by atoms with van der Waals surface area (Å²) in [6.45, 7) is 14.4. The van der Waals surface area contributed by atoms with Gasteiger partial charge in [0.05, 0.1) is 0 Å². The van der Waals surface area contributed by atoms with E-state index in [1.807, 2.05) is 0 Å². The molecule has 4 rings (SSSR count). The first kappa shape index (κ1) is 14.0. The molecule has 0 radical (unpaired) electrons. The first-order chi connectivity index (χ1) is 9.67. The van der Waals surface area contributed by atoms with Crippen molar-refractivity contribution in [3.8, 4) is 0 Å². The zero-order chi connectivity index (χ0) is 15.3. The van der Waals surface area contributed by atoms with Gasteiger partial charge in [-0.3, -0.25) is 4.79 Å². The highest BCUT2D eigenvalue weighted by atomic mass is 16.1. The van der Waals surface area contributed by atoms with E-state index >= 15 is 0 Å². The van der Waals surface area contributed by atoms with E-state index < -0.39 is 0 Å². The molecule has 4 fully saturated rings. The standard InChI is InChI=1S/C20H30O/c1-10-13-7-12(19(10,3)4)8-15(13)17-16-9-14(18(17)21)11(2)20(16,5)6/h10-14,16H,7-9H2,1-6H3/b17-15+/t10-,11-,12+,13+,14+,16+/m0/s1. The maximum atomic E-state index is 12.9. The number of carbonyl (C=O) groups excluding carboxylic acids is 1. The molecule has 4 bridgehead atoms. The Bertz CT molecular complexity index is 546. The summed E-state index contributed by atoms with van der Waals surface area (Å²) in [5.74, 6) is 4.24. The van der Waals surface area contributed by atoms with Crippen molar-refractivity contribution in [3.63, 3.8) is 0 Å². The van der Waals surface area contributed by atoms with Gasteiger partial charge in [-0.25, -0.2) is 0 Å². The minimum Gasteiger partial charge on any atom is -0.294 e. The Morgan fingerprint density at radius 2 is 1.52 bits per heavy atom. The van der Waals surface area contributed by atoms with Gasteiger partial charge in [0, 0.05) is 5.92 Å². The van der Waals surface area contributed by atoms with Crippen LogP contribution in [0.1, 0.15) is 60.8 Å². The van der Waals surface area contributed by atoms with Crippen molar-refractivity contribution < 1.29 is 4.79 Å². The van der Waals surface area contributed by atoms with Gasteiger partial charge in [0.1, 0.15) is 0 Å². The number of carbonyl (C=O) groups is 1. The van der Waals surface area contributed by atoms with Crippen LogP contribution in [-0.4, -0.2) is 5.78 Å². The summed E-state index contributed by atoms with van der Waals surface area (Å²) < 4.78 is 0. The molecule has 4 aliphatic rings. The van der Waals surface area contributed by atoms with Crippen molar-refractivity contribution in [2.75, 3.05) is 0 Å². The Kier molecular flexibility index (Phi) is 2.56. The molecular weight excluding hydrogens is 256 g/mol. The van der Waals surface area contributed by atoms with Gasteiger partial charge in [0.2, 0.25) is 0 Å². The molecule has 0 spiro atoms. The van der Waals surface area contributed by atoms with E-state index in [9.17, 15) is 4.79 Å². The Balaban J connectivity index is 1.77. The number of ketones is 1. The largest absolute Gasteiger partial charge is 0.294 e. The molecule has 1 heteroatoms. The van der Waals surface area contributed by atoms with E-state index in [0.717, 1.165) is 18.3 Å². The lowest BCUT2D eigenvalue weighted by atomic mass is 9.62. The van der Waals surface area contributed by atoms with Gasteiger partial charge in [-0.05, 0) is 65.3 Å². The van der Waals surface area contributed by atoms with E-state index in [0.29, 0.717) is 40.3 Å². The highest BCUT2D eigenvalue weighted by molar-refractivity contribution is 6.02. The lowest BCUT2D eigenvalue weighted by Gasteiger charge is -2.41. The second-order valence-corrected chi connectivity index (χ2v) is 9.66. The third kappa shape index (κ3) is 1.46. The van der Waals surface area contributed by atoms with Crippen LogP contribution in [0.2, 0.25) is 0 Å². The summed E-state index contributed by atoms with van der Waals surface area (Å²) in [7, 11) is 0. The third-order valence-corrected chi connectivity index (χ3v) is 8.74. The molecule has 4 aliphatic carbocycles. The molecule has 0 aliphatic heterocycles. The summed E-state index contributed by atoms with van der Waals surface area (Å²) in [6.07, 6.45) is 3.70. The monoisotopic (exact) mass is 286 g/mol. The van der Waals surface area contributed by atoms with E-state index in [1.54, 1.807) is 5.57 Å². The third-order valence-electron chi connectivity index (χ3n) is 8.74. The minimum atomic E-state index is 0.321. The zero-order valence-corrected chi connectivity index (χ0v) is 14.5. The smallest absolute Gasteiger partial charge is 0.162 e. The van der Waals surface area contributed by atoms with Gasteiger partial charge in [-0.2, -0.15) is 0 Å². The summed E-state index contributed by atoms with van der Waals surface area (Å²) in [5, 5.41) is 0. The van der Waals surface area contributed by atoms with Crippen molar-refractivity contribution >= 4 is 5.78 Å². The van der Waals surface area contributed by atoms with Crippen LogP contribution in [0, 0.1) is 46.3 Å². The topological polar surface area (TPSA) is 17.1 Å². The summed E-state index contributed by atoms with van der Waals surface area (Å²) >= 11 is 0. The van der Waals surface area contributed by atoms with Crippen molar-refractivity contribution in [2.24, 2.45) is 46.3 Å². The predicted molar refractivity (Wildman–Crippen MR) is 85.7 cm³/mol. The molecule has 0 saturated heterocycles. The molecule has 0 aromatic rings. The molecule has 0 unspecified atom stereocenters. The molecule has 0 heterocycles. The van der Waals surface area contributed by atoms with Crippen LogP contribution in [0.25, 0.3) is 0 Å². The van der Waals surface area contributed by atoms with Crippen molar-refractivity contribution in [1.82, 2.24) is 0 Å².